The van der Waals surface area contributed by atoms with Gasteiger partial charge in [0.1, 0.15) is 0 Å². The van der Waals surface area contributed by atoms with E-state index in [4.69, 9.17) is 4.74 Å². The Morgan fingerprint density at radius 3 is 2.16 bits per heavy atom. The Morgan fingerprint density at radius 2 is 1.68 bits per heavy atom. The molecule has 1 amide bonds. The third-order valence-corrected chi connectivity index (χ3v) is 2.46. The highest BCUT2D eigenvalue weighted by Gasteiger charge is 2.09. The predicted molar refractivity (Wildman–Crippen MR) is 74.8 cm³/mol. The third kappa shape index (κ3) is 5.55. The molecule has 0 aromatic heterocycles. The van der Waals surface area contributed by atoms with Gasteiger partial charge in [-0.1, -0.05) is 26.0 Å². The SMILES string of the molecule is CC(C)OC(=O)Cc1ccc(NC(=O)C(C)C)cc1. The molecule has 4 nitrogen and oxygen atoms in total. The Labute approximate surface area is 114 Å². The molecule has 0 aliphatic rings. The highest BCUT2D eigenvalue weighted by molar-refractivity contribution is 5.92. The maximum absolute atomic E-state index is 11.5. The van der Waals surface area contributed by atoms with Crippen molar-refractivity contribution in [2.24, 2.45) is 5.92 Å². The van der Waals surface area contributed by atoms with Crippen LogP contribution in [0.4, 0.5) is 5.69 Å². The zero-order valence-corrected chi connectivity index (χ0v) is 11.9. The average Bonchev–Trinajstić information content (AvgIpc) is 2.30. The Morgan fingerprint density at radius 1 is 1.11 bits per heavy atom. The quantitative estimate of drug-likeness (QED) is 0.831. The molecule has 1 aromatic carbocycles. The Hall–Kier alpha value is -1.84. The van der Waals surface area contributed by atoms with Gasteiger partial charge in [-0.3, -0.25) is 9.59 Å². The second-order valence-electron chi connectivity index (χ2n) is 5.06. The Kier molecular flexibility index (Phi) is 5.55. The molecule has 104 valence electrons. The summed E-state index contributed by atoms with van der Waals surface area (Å²) in [7, 11) is 0. The minimum atomic E-state index is -0.242. The lowest BCUT2D eigenvalue weighted by Crippen LogP contribution is -2.17. The van der Waals surface area contributed by atoms with Gasteiger partial charge < -0.3 is 10.1 Å². The van der Waals surface area contributed by atoms with Crippen LogP contribution in [0.15, 0.2) is 24.3 Å². The maximum atomic E-state index is 11.5. The fourth-order valence-corrected chi connectivity index (χ4v) is 1.46. The van der Waals surface area contributed by atoms with Gasteiger partial charge in [0.05, 0.1) is 12.5 Å². The molecule has 0 fully saturated rings. The van der Waals surface area contributed by atoms with Crippen LogP contribution in [0.25, 0.3) is 0 Å². The number of ether oxygens (including phenoxy) is 1. The molecule has 4 heteroatoms. The van der Waals surface area contributed by atoms with Crippen molar-refractivity contribution in [3.63, 3.8) is 0 Å². The predicted octanol–water partition coefficient (Wildman–Crippen LogP) is 2.78. The number of hydrogen-bond donors (Lipinski definition) is 1. The molecule has 0 aliphatic carbocycles. The number of benzene rings is 1. The first-order chi connectivity index (χ1) is 8.88. The van der Waals surface area contributed by atoms with Crippen LogP contribution in [0.1, 0.15) is 33.3 Å². The first-order valence-electron chi connectivity index (χ1n) is 6.47. The van der Waals surface area contributed by atoms with E-state index in [0.717, 1.165) is 11.3 Å². The van der Waals surface area contributed by atoms with E-state index in [1.165, 1.54) is 0 Å². The Bertz CT molecular complexity index is 435. The molecule has 0 unspecified atom stereocenters. The molecule has 0 heterocycles. The number of anilines is 1. The van der Waals surface area contributed by atoms with Crippen molar-refractivity contribution in [2.45, 2.75) is 40.2 Å². The van der Waals surface area contributed by atoms with Gasteiger partial charge in [0, 0.05) is 11.6 Å². The zero-order valence-electron chi connectivity index (χ0n) is 11.9. The average molecular weight is 263 g/mol. The van der Waals surface area contributed by atoms with E-state index < -0.39 is 0 Å². The highest BCUT2D eigenvalue weighted by atomic mass is 16.5. The summed E-state index contributed by atoms with van der Waals surface area (Å²) >= 11 is 0. The lowest BCUT2D eigenvalue weighted by molar-refractivity contribution is -0.146. The second kappa shape index (κ2) is 6.92. The fourth-order valence-electron chi connectivity index (χ4n) is 1.46. The van der Waals surface area contributed by atoms with Gasteiger partial charge in [-0.2, -0.15) is 0 Å². The van der Waals surface area contributed by atoms with E-state index in [0.29, 0.717) is 0 Å². The molecule has 0 bridgehead atoms. The molecule has 0 saturated carbocycles. The monoisotopic (exact) mass is 263 g/mol. The van der Waals surface area contributed by atoms with Crippen LogP contribution in [-0.4, -0.2) is 18.0 Å². The van der Waals surface area contributed by atoms with Crippen molar-refractivity contribution in [1.82, 2.24) is 0 Å². The number of amides is 1. The van der Waals surface area contributed by atoms with E-state index in [2.05, 4.69) is 5.32 Å². The molecular formula is C15H21NO3. The van der Waals surface area contributed by atoms with Crippen molar-refractivity contribution < 1.29 is 14.3 Å². The lowest BCUT2D eigenvalue weighted by Gasteiger charge is -2.09. The molecule has 1 rings (SSSR count). The van der Waals surface area contributed by atoms with E-state index in [1.54, 1.807) is 12.1 Å². The second-order valence-corrected chi connectivity index (χ2v) is 5.06. The zero-order chi connectivity index (χ0) is 14.4. The fraction of sp³-hybridized carbons (Fsp3) is 0.467. The van der Waals surface area contributed by atoms with Crippen LogP contribution in [0.2, 0.25) is 0 Å². The summed E-state index contributed by atoms with van der Waals surface area (Å²) in [4.78, 5) is 23.0. The standard InChI is InChI=1S/C15H21NO3/c1-10(2)15(18)16-13-7-5-12(6-8-13)9-14(17)19-11(3)4/h5-8,10-11H,9H2,1-4H3,(H,16,18). The summed E-state index contributed by atoms with van der Waals surface area (Å²) < 4.78 is 5.07. The van der Waals surface area contributed by atoms with Gasteiger partial charge in [0.15, 0.2) is 0 Å². The highest BCUT2D eigenvalue weighted by Crippen LogP contribution is 2.12. The first kappa shape index (κ1) is 15.2. The van der Waals surface area contributed by atoms with Gasteiger partial charge >= 0.3 is 5.97 Å². The molecule has 1 aromatic rings. The smallest absolute Gasteiger partial charge is 0.310 e. The van der Waals surface area contributed by atoms with Crippen LogP contribution in [0, 0.1) is 5.92 Å². The molecule has 0 spiro atoms. The lowest BCUT2D eigenvalue weighted by atomic mass is 10.1. The van der Waals surface area contributed by atoms with Gasteiger partial charge in [0.25, 0.3) is 0 Å². The first-order valence-corrected chi connectivity index (χ1v) is 6.47. The minimum Gasteiger partial charge on any atom is -0.463 e. The Balaban J connectivity index is 2.57. The van der Waals surface area contributed by atoms with Gasteiger partial charge in [0.2, 0.25) is 5.91 Å². The molecular weight excluding hydrogens is 242 g/mol. The van der Waals surface area contributed by atoms with Gasteiger partial charge in [-0.05, 0) is 31.5 Å². The van der Waals surface area contributed by atoms with Crippen molar-refractivity contribution in [2.75, 3.05) is 5.32 Å². The van der Waals surface area contributed by atoms with Crippen molar-refractivity contribution in [1.29, 1.82) is 0 Å². The summed E-state index contributed by atoms with van der Waals surface area (Å²) in [5.41, 5.74) is 1.60. The van der Waals surface area contributed by atoms with Crippen molar-refractivity contribution >= 4 is 17.6 Å². The summed E-state index contributed by atoms with van der Waals surface area (Å²) in [6.07, 6.45) is 0.147. The van der Waals surface area contributed by atoms with E-state index in [1.807, 2.05) is 39.8 Å². The van der Waals surface area contributed by atoms with Crippen LogP contribution in [0.3, 0.4) is 0 Å². The number of nitrogens with one attached hydrogen (secondary N) is 1. The molecule has 19 heavy (non-hydrogen) atoms. The minimum absolute atomic E-state index is 0.0213. The topological polar surface area (TPSA) is 55.4 Å². The number of carbonyl (C=O) groups excluding carboxylic acids is 2. The van der Waals surface area contributed by atoms with Crippen LogP contribution >= 0.6 is 0 Å². The number of esters is 1. The largest absolute Gasteiger partial charge is 0.463 e. The molecule has 0 saturated heterocycles. The molecule has 1 N–H and O–H groups in total. The van der Waals surface area contributed by atoms with Crippen LogP contribution in [-0.2, 0) is 20.7 Å². The van der Waals surface area contributed by atoms with E-state index in [-0.39, 0.29) is 30.3 Å². The van der Waals surface area contributed by atoms with Crippen molar-refractivity contribution in [3.05, 3.63) is 29.8 Å². The molecule has 0 radical (unpaired) electrons. The molecule has 0 aliphatic heterocycles. The number of carbonyl (C=O) groups is 2. The maximum Gasteiger partial charge on any atom is 0.310 e. The van der Waals surface area contributed by atoms with Crippen LogP contribution < -0.4 is 5.32 Å². The van der Waals surface area contributed by atoms with E-state index >= 15 is 0 Å². The number of hydrogen-bond acceptors (Lipinski definition) is 3. The summed E-state index contributed by atoms with van der Waals surface area (Å²) in [5.74, 6) is -0.318. The third-order valence-electron chi connectivity index (χ3n) is 2.46. The van der Waals surface area contributed by atoms with Gasteiger partial charge in [-0.25, -0.2) is 0 Å². The molecule has 0 atom stereocenters. The summed E-state index contributed by atoms with van der Waals surface area (Å²) in [6.45, 7) is 7.32. The normalized spacial score (nSPS) is 10.6. The van der Waals surface area contributed by atoms with E-state index in [9.17, 15) is 9.59 Å². The van der Waals surface area contributed by atoms with Crippen LogP contribution in [0.5, 0.6) is 0 Å². The number of rotatable bonds is 5. The van der Waals surface area contributed by atoms with Crippen molar-refractivity contribution in [3.8, 4) is 0 Å². The van der Waals surface area contributed by atoms with Gasteiger partial charge in [-0.15, -0.1) is 0 Å². The summed E-state index contributed by atoms with van der Waals surface area (Å²) in [6, 6.07) is 7.21. The summed E-state index contributed by atoms with van der Waals surface area (Å²) in [5, 5.41) is 2.80.